The molecule has 186 valence electrons. The summed E-state index contributed by atoms with van der Waals surface area (Å²) >= 11 is 0. The number of unbranched alkanes of at least 4 members (excludes halogenated alkanes) is 12. The molecule has 31 heavy (non-hydrogen) atoms. The number of rotatable bonds is 20. The summed E-state index contributed by atoms with van der Waals surface area (Å²) in [6.07, 6.45) is 21.7. The van der Waals surface area contributed by atoms with Crippen molar-refractivity contribution < 1.29 is 14.0 Å². The summed E-state index contributed by atoms with van der Waals surface area (Å²) in [5.74, 6) is -0.0724. The molecule has 0 heterocycles. The highest BCUT2D eigenvalue weighted by Gasteiger charge is 2.38. The fourth-order valence-electron chi connectivity index (χ4n) is 3.81. The highest BCUT2D eigenvalue weighted by atomic mass is 28.4. The Morgan fingerprint density at radius 3 is 1.58 bits per heavy atom. The van der Waals surface area contributed by atoms with Gasteiger partial charge in [0.25, 0.3) is 0 Å². The molecule has 4 heteroatoms. The van der Waals surface area contributed by atoms with Gasteiger partial charge in [-0.2, -0.15) is 0 Å². The third-order valence-electron chi connectivity index (χ3n) is 7.03. The van der Waals surface area contributed by atoms with Crippen molar-refractivity contribution in [1.82, 2.24) is 0 Å². The molecule has 0 aromatic heterocycles. The van der Waals surface area contributed by atoms with Gasteiger partial charge in [-0.1, -0.05) is 111 Å². The van der Waals surface area contributed by atoms with Crippen molar-refractivity contribution in [3.05, 3.63) is 0 Å². The second kappa shape index (κ2) is 18.1. The average molecular weight is 457 g/mol. The third kappa shape index (κ3) is 16.9. The van der Waals surface area contributed by atoms with Crippen molar-refractivity contribution in [3.8, 4) is 0 Å². The third-order valence-corrected chi connectivity index (χ3v) is 11.6. The number of ether oxygens (including phenoxy) is 1. The Labute approximate surface area is 196 Å². The predicted molar refractivity (Wildman–Crippen MR) is 138 cm³/mol. The first-order valence-corrected chi connectivity index (χ1v) is 16.3. The van der Waals surface area contributed by atoms with Crippen LogP contribution in [0, 0.1) is 0 Å². The van der Waals surface area contributed by atoms with Gasteiger partial charge in [0.2, 0.25) is 0 Å². The monoisotopic (exact) mass is 456 g/mol. The van der Waals surface area contributed by atoms with Crippen LogP contribution in [-0.4, -0.2) is 27.5 Å². The van der Waals surface area contributed by atoms with Crippen LogP contribution in [0.25, 0.3) is 0 Å². The summed E-state index contributed by atoms with van der Waals surface area (Å²) in [7, 11) is -0.209. The molecule has 0 saturated heterocycles. The lowest BCUT2D eigenvalue weighted by molar-refractivity contribution is -0.140. The number of carbonyl (C=O) groups excluding carboxylic acids is 1. The standard InChI is InChI=1S/C27H56O3Si/c1-8-9-10-16-19-22-25(30-31(6,7)27(2,3)4)23-20-17-14-12-11-13-15-18-21-24-26(28)29-5/h25H,8-24H2,1-7H3. The van der Waals surface area contributed by atoms with Crippen molar-refractivity contribution in [2.24, 2.45) is 0 Å². The van der Waals surface area contributed by atoms with E-state index in [4.69, 9.17) is 4.43 Å². The quantitative estimate of drug-likeness (QED) is 0.104. The zero-order valence-electron chi connectivity index (χ0n) is 22.3. The van der Waals surface area contributed by atoms with Gasteiger partial charge in [-0.05, 0) is 37.4 Å². The van der Waals surface area contributed by atoms with E-state index in [1.54, 1.807) is 0 Å². The zero-order chi connectivity index (χ0) is 23.6. The normalized spacial score (nSPS) is 13.4. The first kappa shape index (κ1) is 30.6. The Morgan fingerprint density at radius 2 is 1.16 bits per heavy atom. The van der Waals surface area contributed by atoms with Crippen LogP contribution >= 0.6 is 0 Å². The van der Waals surface area contributed by atoms with Crippen molar-refractivity contribution >= 4 is 14.3 Å². The van der Waals surface area contributed by atoms with Crippen molar-refractivity contribution in [2.45, 2.75) is 161 Å². The largest absolute Gasteiger partial charge is 0.469 e. The van der Waals surface area contributed by atoms with Crippen LogP contribution in [0.3, 0.4) is 0 Å². The molecule has 0 aliphatic carbocycles. The van der Waals surface area contributed by atoms with Gasteiger partial charge in [-0.25, -0.2) is 0 Å². The maximum absolute atomic E-state index is 11.1. The first-order valence-electron chi connectivity index (χ1n) is 13.4. The van der Waals surface area contributed by atoms with E-state index in [0.29, 0.717) is 17.6 Å². The molecule has 0 rings (SSSR count). The Morgan fingerprint density at radius 1 is 0.742 bits per heavy atom. The minimum absolute atomic E-state index is 0.0724. The van der Waals surface area contributed by atoms with E-state index in [-0.39, 0.29) is 5.97 Å². The summed E-state index contributed by atoms with van der Waals surface area (Å²) < 4.78 is 11.5. The molecule has 0 spiro atoms. The molecule has 0 fully saturated rings. The summed E-state index contributed by atoms with van der Waals surface area (Å²) in [5.41, 5.74) is 0. The second-order valence-corrected chi connectivity index (χ2v) is 15.8. The molecule has 0 N–H and O–H groups in total. The Bertz CT molecular complexity index is 429. The van der Waals surface area contributed by atoms with E-state index in [1.807, 2.05) is 0 Å². The summed E-state index contributed by atoms with van der Waals surface area (Å²) in [4.78, 5) is 11.1. The van der Waals surface area contributed by atoms with Crippen LogP contribution in [0.4, 0.5) is 0 Å². The second-order valence-electron chi connectivity index (χ2n) is 11.0. The smallest absolute Gasteiger partial charge is 0.305 e. The van der Waals surface area contributed by atoms with Gasteiger partial charge in [0.05, 0.1) is 7.11 Å². The molecule has 3 nitrogen and oxygen atoms in total. The van der Waals surface area contributed by atoms with E-state index < -0.39 is 8.32 Å². The predicted octanol–water partition coefficient (Wildman–Crippen LogP) is 9.20. The van der Waals surface area contributed by atoms with E-state index in [9.17, 15) is 4.79 Å². The van der Waals surface area contributed by atoms with Gasteiger partial charge < -0.3 is 9.16 Å². The Balaban J connectivity index is 4.01. The number of hydrogen-bond donors (Lipinski definition) is 0. The fourth-order valence-corrected chi connectivity index (χ4v) is 5.23. The topological polar surface area (TPSA) is 35.5 Å². The lowest BCUT2D eigenvalue weighted by Gasteiger charge is -2.39. The van der Waals surface area contributed by atoms with Gasteiger partial charge in [0, 0.05) is 12.5 Å². The van der Waals surface area contributed by atoms with E-state index in [2.05, 4.69) is 45.5 Å². The molecule has 0 radical (unpaired) electrons. The number of methoxy groups -OCH3 is 1. The van der Waals surface area contributed by atoms with Crippen LogP contribution < -0.4 is 0 Å². The highest BCUT2D eigenvalue weighted by molar-refractivity contribution is 6.74. The van der Waals surface area contributed by atoms with E-state index in [0.717, 1.165) is 12.8 Å². The van der Waals surface area contributed by atoms with Crippen LogP contribution in [0.15, 0.2) is 0 Å². The maximum Gasteiger partial charge on any atom is 0.305 e. The van der Waals surface area contributed by atoms with Gasteiger partial charge in [-0.3, -0.25) is 4.79 Å². The molecule has 0 aliphatic rings. The average Bonchev–Trinajstić information content (AvgIpc) is 2.70. The molecular weight excluding hydrogens is 400 g/mol. The number of hydrogen-bond acceptors (Lipinski definition) is 3. The molecule has 0 aliphatic heterocycles. The minimum atomic E-state index is -1.68. The van der Waals surface area contributed by atoms with Gasteiger partial charge in [-0.15, -0.1) is 0 Å². The fraction of sp³-hybridized carbons (Fsp3) is 0.963. The molecule has 0 aromatic rings. The van der Waals surface area contributed by atoms with Crippen LogP contribution in [-0.2, 0) is 14.0 Å². The minimum Gasteiger partial charge on any atom is -0.469 e. The lowest BCUT2D eigenvalue weighted by atomic mass is 10.0. The van der Waals surface area contributed by atoms with Crippen molar-refractivity contribution in [3.63, 3.8) is 0 Å². The van der Waals surface area contributed by atoms with E-state index in [1.165, 1.54) is 97.0 Å². The Kier molecular flexibility index (Phi) is 17.9. The summed E-state index contributed by atoms with van der Waals surface area (Å²) in [6, 6.07) is 0. The van der Waals surface area contributed by atoms with Crippen LogP contribution in [0.1, 0.15) is 137 Å². The lowest BCUT2D eigenvalue weighted by Crippen LogP contribution is -2.44. The molecule has 0 amide bonds. The van der Waals surface area contributed by atoms with Crippen LogP contribution in [0.5, 0.6) is 0 Å². The number of esters is 1. The Hall–Kier alpha value is -0.353. The zero-order valence-corrected chi connectivity index (χ0v) is 23.3. The van der Waals surface area contributed by atoms with E-state index >= 15 is 0 Å². The number of carbonyl (C=O) groups is 1. The molecule has 0 aromatic carbocycles. The molecule has 0 bridgehead atoms. The maximum atomic E-state index is 11.1. The highest BCUT2D eigenvalue weighted by Crippen LogP contribution is 2.38. The van der Waals surface area contributed by atoms with Crippen molar-refractivity contribution in [1.29, 1.82) is 0 Å². The van der Waals surface area contributed by atoms with Gasteiger partial charge in [0.15, 0.2) is 8.32 Å². The molecule has 0 saturated carbocycles. The van der Waals surface area contributed by atoms with Crippen molar-refractivity contribution in [2.75, 3.05) is 7.11 Å². The van der Waals surface area contributed by atoms with Gasteiger partial charge in [0.1, 0.15) is 0 Å². The molecule has 1 atom stereocenters. The summed E-state index contributed by atoms with van der Waals surface area (Å²) in [5, 5.41) is 0.296. The molecular formula is C27H56O3Si. The molecule has 1 unspecified atom stereocenters. The van der Waals surface area contributed by atoms with Gasteiger partial charge >= 0.3 is 5.97 Å². The van der Waals surface area contributed by atoms with Crippen LogP contribution in [0.2, 0.25) is 18.1 Å². The first-order chi connectivity index (χ1) is 14.6. The summed E-state index contributed by atoms with van der Waals surface area (Å²) in [6.45, 7) is 14.2. The SMILES string of the molecule is CCCCCCCC(CCCCCCCCCCCC(=O)OC)O[Si](C)(C)C(C)(C)C.